The summed E-state index contributed by atoms with van der Waals surface area (Å²) in [7, 11) is 4.32. The van der Waals surface area contributed by atoms with Crippen LogP contribution in [-0.4, -0.2) is 25.0 Å². The molecule has 1 nitrogen and oxygen atoms in total. The largest absolute Gasteiger partial charge is 0.306 e. The van der Waals surface area contributed by atoms with Gasteiger partial charge in [0.25, 0.3) is 0 Å². The van der Waals surface area contributed by atoms with E-state index in [-0.39, 0.29) is 12.4 Å². The molecule has 1 atom stereocenters. The molecule has 0 heterocycles. The van der Waals surface area contributed by atoms with Gasteiger partial charge in [0.2, 0.25) is 0 Å². The monoisotopic (exact) mass is 281 g/mol. The standard InChI is InChI=1S/C15H16ClN.ClH/c1-17(2)12-8-10-4-3-5-13-14(16)7-6-11(9-12)15(10)13;/h3-7,12H,8-9H2,1-2H3;1H. The van der Waals surface area contributed by atoms with Crippen LogP contribution in [0.2, 0.25) is 5.02 Å². The molecule has 0 fully saturated rings. The van der Waals surface area contributed by atoms with Gasteiger partial charge in [0.1, 0.15) is 0 Å². The molecule has 1 aliphatic rings. The van der Waals surface area contributed by atoms with Crippen LogP contribution in [0.4, 0.5) is 0 Å². The molecule has 0 spiro atoms. The maximum absolute atomic E-state index is 6.27. The van der Waals surface area contributed by atoms with E-state index in [1.807, 2.05) is 6.07 Å². The van der Waals surface area contributed by atoms with Gasteiger partial charge in [0.15, 0.2) is 0 Å². The smallest absolute Gasteiger partial charge is 0.0484 e. The summed E-state index contributed by atoms with van der Waals surface area (Å²) in [4.78, 5) is 2.32. The third-order valence-corrected chi connectivity index (χ3v) is 4.13. The van der Waals surface area contributed by atoms with E-state index >= 15 is 0 Å². The molecule has 2 aromatic carbocycles. The minimum atomic E-state index is 0. The Balaban J connectivity index is 0.00000120. The van der Waals surface area contributed by atoms with Gasteiger partial charge in [-0.25, -0.2) is 0 Å². The molecule has 0 saturated carbocycles. The molecule has 0 radical (unpaired) electrons. The van der Waals surface area contributed by atoms with Crippen LogP contribution in [0.3, 0.4) is 0 Å². The van der Waals surface area contributed by atoms with Crippen molar-refractivity contribution in [1.82, 2.24) is 4.90 Å². The Labute approximate surface area is 119 Å². The van der Waals surface area contributed by atoms with E-state index in [4.69, 9.17) is 11.6 Å². The fraction of sp³-hybridized carbons (Fsp3) is 0.333. The van der Waals surface area contributed by atoms with E-state index in [1.165, 1.54) is 21.9 Å². The lowest BCUT2D eigenvalue weighted by atomic mass is 9.85. The first-order valence-electron chi connectivity index (χ1n) is 6.02. The molecule has 0 amide bonds. The second kappa shape index (κ2) is 5.08. The predicted molar refractivity (Wildman–Crippen MR) is 81.1 cm³/mol. The molecule has 1 aliphatic carbocycles. The van der Waals surface area contributed by atoms with Gasteiger partial charge < -0.3 is 4.90 Å². The summed E-state index contributed by atoms with van der Waals surface area (Å²) >= 11 is 6.27. The number of benzene rings is 2. The van der Waals surface area contributed by atoms with E-state index in [0.717, 1.165) is 17.9 Å². The first-order valence-corrected chi connectivity index (χ1v) is 6.40. The highest BCUT2D eigenvalue weighted by Gasteiger charge is 2.22. The number of hydrogen-bond acceptors (Lipinski definition) is 1. The second-order valence-electron chi connectivity index (χ2n) is 5.07. The Morgan fingerprint density at radius 1 is 1.06 bits per heavy atom. The van der Waals surface area contributed by atoms with Crippen molar-refractivity contribution in [2.24, 2.45) is 0 Å². The van der Waals surface area contributed by atoms with Crippen molar-refractivity contribution >= 4 is 34.8 Å². The van der Waals surface area contributed by atoms with Crippen LogP contribution in [0.15, 0.2) is 30.3 Å². The van der Waals surface area contributed by atoms with Gasteiger partial charge in [0.05, 0.1) is 0 Å². The van der Waals surface area contributed by atoms with Gasteiger partial charge in [-0.3, -0.25) is 0 Å². The summed E-state index contributed by atoms with van der Waals surface area (Å²) < 4.78 is 0. The van der Waals surface area contributed by atoms with Crippen LogP contribution >= 0.6 is 24.0 Å². The van der Waals surface area contributed by atoms with Crippen molar-refractivity contribution in [1.29, 1.82) is 0 Å². The van der Waals surface area contributed by atoms with Gasteiger partial charge in [-0.05, 0) is 49.5 Å². The van der Waals surface area contributed by atoms with Crippen LogP contribution in [0.1, 0.15) is 11.1 Å². The second-order valence-corrected chi connectivity index (χ2v) is 5.48. The average Bonchev–Trinajstić information content (AvgIpc) is 2.33. The van der Waals surface area contributed by atoms with Crippen molar-refractivity contribution < 1.29 is 0 Å². The van der Waals surface area contributed by atoms with Gasteiger partial charge in [-0.2, -0.15) is 0 Å². The number of hydrogen-bond donors (Lipinski definition) is 0. The topological polar surface area (TPSA) is 3.24 Å². The molecule has 3 rings (SSSR count). The quantitative estimate of drug-likeness (QED) is 0.765. The Kier molecular flexibility index (Phi) is 3.86. The van der Waals surface area contributed by atoms with E-state index in [2.05, 4.69) is 43.3 Å². The highest BCUT2D eigenvalue weighted by atomic mass is 35.5. The van der Waals surface area contributed by atoms with Crippen LogP contribution in [0.25, 0.3) is 10.8 Å². The number of halogens is 2. The van der Waals surface area contributed by atoms with E-state index in [9.17, 15) is 0 Å². The lowest BCUT2D eigenvalue weighted by molar-refractivity contribution is 0.287. The molecule has 3 heteroatoms. The summed E-state index contributed by atoms with van der Waals surface area (Å²) in [5.74, 6) is 0. The molecule has 0 saturated heterocycles. The molecule has 0 N–H and O–H groups in total. The lowest BCUT2D eigenvalue weighted by Crippen LogP contribution is -2.34. The van der Waals surface area contributed by atoms with Crippen molar-refractivity contribution in [3.05, 3.63) is 46.5 Å². The maximum Gasteiger partial charge on any atom is 0.0484 e. The van der Waals surface area contributed by atoms with E-state index < -0.39 is 0 Å². The minimum absolute atomic E-state index is 0. The molecule has 2 aromatic rings. The maximum atomic E-state index is 6.27. The lowest BCUT2D eigenvalue weighted by Gasteiger charge is -2.30. The molecule has 18 heavy (non-hydrogen) atoms. The highest BCUT2D eigenvalue weighted by Crippen LogP contribution is 2.34. The fourth-order valence-corrected chi connectivity index (χ4v) is 3.03. The normalized spacial score (nSPS) is 17.9. The van der Waals surface area contributed by atoms with Gasteiger partial charge in [-0.15, -0.1) is 12.4 Å². The Hall–Kier alpha value is -0.760. The first-order chi connectivity index (χ1) is 8.16. The summed E-state index contributed by atoms with van der Waals surface area (Å²) in [5.41, 5.74) is 2.87. The van der Waals surface area contributed by atoms with Crippen LogP contribution < -0.4 is 0 Å². The van der Waals surface area contributed by atoms with Crippen LogP contribution in [0, 0.1) is 0 Å². The molecule has 0 aliphatic heterocycles. The Morgan fingerprint density at radius 2 is 1.72 bits per heavy atom. The molecule has 96 valence electrons. The van der Waals surface area contributed by atoms with Crippen LogP contribution in [0.5, 0.6) is 0 Å². The van der Waals surface area contributed by atoms with E-state index in [1.54, 1.807) is 0 Å². The fourth-order valence-electron chi connectivity index (χ4n) is 2.81. The van der Waals surface area contributed by atoms with Gasteiger partial charge in [0, 0.05) is 16.5 Å². The molecular weight excluding hydrogens is 265 g/mol. The van der Waals surface area contributed by atoms with Crippen molar-refractivity contribution in [3.63, 3.8) is 0 Å². The summed E-state index contributed by atoms with van der Waals surface area (Å²) in [6.45, 7) is 0. The zero-order chi connectivity index (χ0) is 12.0. The third kappa shape index (κ3) is 2.11. The minimum Gasteiger partial charge on any atom is -0.306 e. The molecule has 0 aromatic heterocycles. The zero-order valence-corrected chi connectivity index (χ0v) is 12.2. The highest BCUT2D eigenvalue weighted by molar-refractivity contribution is 6.35. The number of nitrogens with zero attached hydrogens (tertiary/aromatic N) is 1. The molecule has 1 unspecified atom stereocenters. The number of likely N-dealkylation sites (N-methyl/N-ethyl adjacent to an activating group) is 1. The predicted octanol–water partition coefficient (Wildman–Crippen LogP) is 3.94. The Bertz CT molecular complexity index is 566. The van der Waals surface area contributed by atoms with E-state index in [0.29, 0.717) is 6.04 Å². The molecule has 0 bridgehead atoms. The van der Waals surface area contributed by atoms with Crippen molar-refractivity contribution in [3.8, 4) is 0 Å². The van der Waals surface area contributed by atoms with Gasteiger partial charge in [-0.1, -0.05) is 35.9 Å². The van der Waals surface area contributed by atoms with Crippen molar-refractivity contribution in [2.45, 2.75) is 18.9 Å². The summed E-state index contributed by atoms with van der Waals surface area (Å²) in [5, 5.41) is 3.46. The Morgan fingerprint density at radius 3 is 2.39 bits per heavy atom. The third-order valence-electron chi connectivity index (χ3n) is 3.80. The SMILES string of the molecule is CN(C)C1Cc2cccc3c(Cl)ccc(c23)C1.Cl. The zero-order valence-electron chi connectivity index (χ0n) is 10.6. The van der Waals surface area contributed by atoms with Crippen molar-refractivity contribution in [2.75, 3.05) is 14.1 Å². The number of rotatable bonds is 1. The average molecular weight is 282 g/mol. The van der Waals surface area contributed by atoms with Crippen LogP contribution in [-0.2, 0) is 12.8 Å². The first kappa shape index (κ1) is 13.7. The summed E-state index contributed by atoms with van der Waals surface area (Å²) in [6.07, 6.45) is 2.25. The summed E-state index contributed by atoms with van der Waals surface area (Å²) in [6, 6.07) is 11.3. The molecular formula is C15H17Cl2N. The van der Waals surface area contributed by atoms with Gasteiger partial charge >= 0.3 is 0 Å².